The third-order valence-electron chi connectivity index (χ3n) is 5.98. The van der Waals surface area contributed by atoms with Gasteiger partial charge in [-0.3, -0.25) is 9.59 Å². The van der Waals surface area contributed by atoms with Gasteiger partial charge in [0.2, 0.25) is 0 Å². The van der Waals surface area contributed by atoms with Crippen LogP contribution in [0.25, 0.3) is 0 Å². The Kier molecular flexibility index (Phi) is 6.70. The number of rotatable bonds is 4. The van der Waals surface area contributed by atoms with Crippen LogP contribution in [-0.2, 0) is 0 Å². The number of piperazine rings is 1. The summed E-state index contributed by atoms with van der Waals surface area (Å²) in [5, 5.41) is 3.47. The average molecular weight is 445 g/mol. The van der Waals surface area contributed by atoms with Gasteiger partial charge in [0.15, 0.2) is 0 Å². The third-order valence-corrected chi connectivity index (χ3v) is 6.19. The molecule has 1 N–H and O–H groups in total. The second-order valence-corrected chi connectivity index (χ2v) is 8.49. The molecule has 0 atom stereocenters. The molecule has 6 nitrogen and oxygen atoms in total. The van der Waals surface area contributed by atoms with E-state index < -0.39 is 0 Å². The van der Waals surface area contributed by atoms with E-state index in [-0.39, 0.29) is 23.7 Å². The monoisotopic (exact) mass is 444 g/mol. The molecule has 0 unspecified atom stereocenters. The normalized spacial score (nSPS) is 17.5. The Morgan fingerprint density at radius 3 is 2.32 bits per heavy atom. The van der Waals surface area contributed by atoms with E-state index >= 15 is 0 Å². The number of anilines is 1. The van der Waals surface area contributed by atoms with Crippen molar-refractivity contribution in [2.45, 2.75) is 38.1 Å². The minimum absolute atomic E-state index is 0.129. The van der Waals surface area contributed by atoms with Crippen molar-refractivity contribution in [2.75, 3.05) is 31.1 Å². The number of carbonyl (C=O) groups is 2. The van der Waals surface area contributed by atoms with Gasteiger partial charge in [0.25, 0.3) is 11.8 Å². The molecule has 0 spiro atoms. The molecule has 1 saturated heterocycles. The zero-order valence-corrected chi connectivity index (χ0v) is 18.1. The highest BCUT2D eigenvalue weighted by atomic mass is 35.5. The van der Waals surface area contributed by atoms with Crippen molar-refractivity contribution < 1.29 is 14.0 Å². The fourth-order valence-electron chi connectivity index (χ4n) is 4.25. The van der Waals surface area contributed by atoms with Crippen LogP contribution in [0.4, 0.5) is 10.2 Å². The van der Waals surface area contributed by atoms with Gasteiger partial charge in [-0.15, -0.1) is 0 Å². The van der Waals surface area contributed by atoms with Gasteiger partial charge in [0.1, 0.15) is 16.8 Å². The number of benzene rings is 1. The van der Waals surface area contributed by atoms with E-state index in [1.54, 1.807) is 17.0 Å². The maximum atomic E-state index is 13.1. The van der Waals surface area contributed by atoms with Gasteiger partial charge in [0.05, 0.1) is 5.56 Å². The highest BCUT2D eigenvalue weighted by molar-refractivity contribution is 6.29. The van der Waals surface area contributed by atoms with E-state index in [2.05, 4.69) is 10.3 Å². The summed E-state index contributed by atoms with van der Waals surface area (Å²) in [4.78, 5) is 33.8. The maximum absolute atomic E-state index is 13.1. The van der Waals surface area contributed by atoms with E-state index in [4.69, 9.17) is 11.6 Å². The molecule has 1 aromatic carbocycles. The number of carbonyl (C=O) groups excluding carboxylic acids is 2. The Morgan fingerprint density at radius 2 is 1.65 bits per heavy atom. The van der Waals surface area contributed by atoms with Gasteiger partial charge in [-0.1, -0.05) is 30.9 Å². The second kappa shape index (κ2) is 9.64. The molecule has 2 aliphatic rings. The summed E-state index contributed by atoms with van der Waals surface area (Å²) in [6, 6.07) is 9.13. The molecule has 0 bridgehead atoms. The lowest BCUT2D eigenvalue weighted by atomic mass is 9.95. The number of hydrogen-bond acceptors (Lipinski definition) is 4. The highest BCUT2D eigenvalue weighted by Crippen LogP contribution is 2.24. The van der Waals surface area contributed by atoms with Crippen molar-refractivity contribution in [1.29, 1.82) is 0 Å². The highest BCUT2D eigenvalue weighted by Gasteiger charge is 2.27. The molecule has 2 aromatic rings. The van der Waals surface area contributed by atoms with Crippen LogP contribution in [0.1, 0.15) is 52.8 Å². The summed E-state index contributed by atoms with van der Waals surface area (Å²) < 4.78 is 13.1. The summed E-state index contributed by atoms with van der Waals surface area (Å²) in [6.45, 7) is 2.02. The van der Waals surface area contributed by atoms with Crippen LogP contribution in [0, 0.1) is 5.82 Å². The lowest BCUT2D eigenvalue weighted by Gasteiger charge is -2.36. The number of aromatic nitrogens is 1. The Labute approximate surface area is 186 Å². The number of nitrogens with zero attached hydrogens (tertiary/aromatic N) is 3. The molecule has 1 aliphatic carbocycles. The predicted octanol–water partition coefficient (Wildman–Crippen LogP) is 3.90. The Morgan fingerprint density at radius 1 is 0.968 bits per heavy atom. The Hall–Kier alpha value is -2.67. The fourth-order valence-corrected chi connectivity index (χ4v) is 4.39. The van der Waals surface area contributed by atoms with Gasteiger partial charge < -0.3 is 15.1 Å². The van der Waals surface area contributed by atoms with Crippen LogP contribution in [0.5, 0.6) is 0 Å². The van der Waals surface area contributed by atoms with Gasteiger partial charge in [-0.2, -0.15) is 0 Å². The molecule has 0 radical (unpaired) electrons. The third kappa shape index (κ3) is 5.15. The number of nitrogens with one attached hydrogen (secondary N) is 1. The lowest BCUT2D eigenvalue weighted by molar-refractivity contribution is 0.0745. The minimum Gasteiger partial charge on any atom is -0.352 e. The van der Waals surface area contributed by atoms with Crippen LogP contribution in [-0.4, -0.2) is 53.9 Å². The molecule has 8 heteroatoms. The van der Waals surface area contributed by atoms with Crippen LogP contribution in [0.3, 0.4) is 0 Å². The van der Waals surface area contributed by atoms with Gasteiger partial charge >= 0.3 is 0 Å². The van der Waals surface area contributed by atoms with Gasteiger partial charge in [0, 0.05) is 37.8 Å². The molecule has 4 rings (SSSR count). The Bertz CT molecular complexity index is 939. The summed E-state index contributed by atoms with van der Waals surface area (Å²) >= 11 is 6.14. The van der Waals surface area contributed by atoms with Crippen molar-refractivity contribution in [3.05, 3.63) is 58.5 Å². The van der Waals surface area contributed by atoms with Crippen LogP contribution >= 0.6 is 11.6 Å². The quantitative estimate of drug-likeness (QED) is 0.726. The SMILES string of the molecule is O=C(NC1CCCCC1)c1ccc(Cl)nc1N1CCN(C(=O)c2ccc(F)cc2)CC1. The first-order valence-corrected chi connectivity index (χ1v) is 11.2. The molecule has 31 heavy (non-hydrogen) atoms. The van der Waals surface area contributed by atoms with E-state index in [1.165, 1.54) is 30.7 Å². The van der Waals surface area contributed by atoms with E-state index in [0.717, 1.165) is 25.7 Å². The van der Waals surface area contributed by atoms with Crippen molar-refractivity contribution in [1.82, 2.24) is 15.2 Å². The molecule has 1 aliphatic heterocycles. The van der Waals surface area contributed by atoms with Crippen molar-refractivity contribution >= 4 is 29.2 Å². The molecule has 2 fully saturated rings. The van der Waals surface area contributed by atoms with Crippen LogP contribution < -0.4 is 10.2 Å². The van der Waals surface area contributed by atoms with E-state index in [9.17, 15) is 14.0 Å². The largest absolute Gasteiger partial charge is 0.352 e. The molecule has 164 valence electrons. The molecule has 1 aromatic heterocycles. The average Bonchev–Trinajstić information content (AvgIpc) is 2.80. The number of pyridine rings is 1. The Balaban J connectivity index is 1.44. The van der Waals surface area contributed by atoms with Crippen molar-refractivity contribution in [2.24, 2.45) is 0 Å². The number of amides is 2. The van der Waals surface area contributed by atoms with Gasteiger partial charge in [-0.25, -0.2) is 9.37 Å². The molecular formula is C23H26ClFN4O2. The minimum atomic E-state index is -0.368. The summed E-state index contributed by atoms with van der Waals surface area (Å²) in [6.07, 6.45) is 5.51. The topological polar surface area (TPSA) is 65.5 Å². The first kappa shape index (κ1) is 21.6. The van der Waals surface area contributed by atoms with Crippen LogP contribution in [0.2, 0.25) is 5.15 Å². The zero-order valence-electron chi connectivity index (χ0n) is 17.3. The van der Waals surface area contributed by atoms with E-state index in [1.807, 2.05) is 4.90 Å². The standard InChI is InChI=1S/C23H26ClFN4O2/c24-20-11-10-19(22(30)26-18-4-2-1-3-5-18)21(27-20)28-12-14-29(15-13-28)23(31)16-6-8-17(25)9-7-16/h6-11,18H,1-5,12-15H2,(H,26,30). The molecular weight excluding hydrogens is 419 g/mol. The zero-order chi connectivity index (χ0) is 21.8. The van der Waals surface area contributed by atoms with Gasteiger partial charge in [-0.05, 0) is 49.2 Å². The first-order valence-electron chi connectivity index (χ1n) is 10.8. The second-order valence-electron chi connectivity index (χ2n) is 8.10. The molecule has 2 heterocycles. The maximum Gasteiger partial charge on any atom is 0.255 e. The molecule has 1 saturated carbocycles. The number of halogens is 2. The van der Waals surface area contributed by atoms with E-state index in [0.29, 0.717) is 48.3 Å². The lowest BCUT2D eigenvalue weighted by Crippen LogP contribution is -2.49. The first-order chi connectivity index (χ1) is 15.0. The summed E-state index contributed by atoms with van der Waals surface area (Å²) in [7, 11) is 0. The molecule has 2 amide bonds. The summed E-state index contributed by atoms with van der Waals surface area (Å²) in [5.74, 6) is -0.0769. The number of hydrogen-bond donors (Lipinski definition) is 1. The van der Waals surface area contributed by atoms with Crippen molar-refractivity contribution in [3.63, 3.8) is 0 Å². The smallest absolute Gasteiger partial charge is 0.255 e. The van der Waals surface area contributed by atoms with Crippen molar-refractivity contribution in [3.8, 4) is 0 Å². The fraction of sp³-hybridized carbons (Fsp3) is 0.435. The predicted molar refractivity (Wildman–Crippen MR) is 118 cm³/mol. The van der Waals surface area contributed by atoms with Crippen LogP contribution in [0.15, 0.2) is 36.4 Å². The summed E-state index contributed by atoms with van der Waals surface area (Å²) in [5.41, 5.74) is 0.969.